The Morgan fingerprint density at radius 2 is 2.14 bits per heavy atom. The molecule has 1 fully saturated rings. The third kappa shape index (κ3) is 4.42. The van der Waals surface area contributed by atoms with Crippen molar-refractivity contribution in [1.29, 1.82) is 0 Å². The lowest BCUT2D eigenvalue weighted by Crippen LogP contribution is -2.40. The summed E-state index contributed by atoms with van der Waals surface area (Å²) in [5, 5.41) is 11.9. The topological polar surface area (TPSA) is 102 Å². The summed E-state index contributed by atoms with van der Waals surface area (Å²) in [6.07, 6.45) is 3.86. The summed E-state index contributed by atoms with van der Waals surface area (Å²) < 4.78 is 5.59. The van der Waals surface area contributed by atoms with E-state index >= 15 is 0 Å². The highest BCUT2D eigenvalue weighted by molar-refractivity contribution is 5.93. The summed E-state index contributed by atoms with van der Waals surface area (Å²) >= 11 is 0. The summed E-state index contributed by atoms with van der Waals surface area (Å²) in [5.74, 6) is 7.22. The first-order chi connectivity index (χ1) is 14.1. The van der Waals surface area contributed by atoms with Crippen LogP contribution in [0.3, 0.4) is 0 Å². The van der Waals surface area contributed by atoms with E-state index in [-0.39, 0.29) is 6.10 Å². The van der Waals surface area contributed by atoms with Gasteiger partial charge in [-0.25, -0.2) is 9.97 Å². The standard InChI is InChI=1S/C21H23N7O/c1-14-12-28(7-8-29-14)13-15-3-5-17(24-10-15)6-4-16-11-25-21(23-2)20-18(16)9-19(22)26-27-20/h3,5,9-11,14H,7-8,12-13H2,1-2H3,(H2,22,26)(H,23,25)/t14-/m1/s1. The lowest BCUT2D eigenvalue weighted by Gasteiger charge is -2.30. The van der Waals surface area contributed by atoms with Crippen molar-refractivity contribution in [3.8, 4) is 11.8 Å². The molecule has 0 unspecified atom stereocenters. The van der Waals surface area contributed by atoms with Gasteiger partial charge in [-0.05, 0) is 30.5 Å². The summed E-state index contributed by atoms with van der Waals surface area (Å²) in [4.78, 5) is 11.2. The van der Waals surface area contributed by atoms with Gasteiger partial charge < -0.3 is 15.8 Å². The first-order valence-electron chi connectivity index (χ1n) is 9.53. The first-order valence-corrected chi connectivity index (χ1v) is 9.53. The number of pyridine rings is 2. The predicted octanol–water partition coefficient (Wildman–Crippen LogP) is 1.66. The molecule has 0 aromatic carbocycles. The van der Waals surface area contributed by atoms with Crippen molar-refractivity contribution in [1.82, 2.24) is 25.1 Å². The average molecular weight is 389 g/mol. The Hall–Kier alpha value is -3.28. The van der Waals surface area contributed by atoms with Gasteiger partial charge in [-0.2, -0.15) is 0 Å². The molecule has 8 nitrogen and oxygen atoms in total. The van der Waals surface area contributed by atoms with Crippen LogP contribution in [-0.2, 0) is 11.3 Å². The highest BCUT2D eigenvalue weighted by Gasteiger charge is 2.16. The van der Waals surface area contributed by atoms with E-state index in [1.807, 2.05) is 12.3 Å². The minimum atomic E-state index is 0.276. The van der Waals surface area contributed by atoms with Crippen LogP contribution in [0.4, 0.5) is 11.6 Å². The smallest absolute Gasteiger partial charge is 0.154 e. The van der Waals surface area contributed by atoms with E-state index in [9.17, 15) is 0 Å². The minimum absolute atomic E-state index is 0.276. The molecule has 0 aliphatic carbocycles. The summed E-state index contributed by atoms with van der Waals surface area (Å²) in [6.45, 7) is 5.63. The SMILES string of the molecule is CNc1ncc(C#Cc2ccc(CN3CCO[C@H](C)C3)cn2)c2cc(N)nnc12. The van der Waals surface area contributed by atoms with Crippen LogP contribution in [0.1, 0.15) is 23.7 Å². The second-order valence-electron chi connectivity index (χ2n) is 7.02. The molecule has 3 aromatic rings. The summed E-state index contributed by atoms with van der Waals surface area (Å²) in [6, 6.07) is 5.77. The molecule has 0 bridgehead atoms. The van der Waals surface area contributed by atoms with Crippen LogP contribution >= 0.6 is 0 Å². The zero-order valence-electron chi connectivity index (χ0n) is 16.5. The third-order valence-electron chi connectivity index (χ3n) is 4.77. The molecule has 8 heteroatoms. The van der Waals surface area contributed by atoms with Crippen molar-refractivity contribution < 1.29 is 4.74 Å². The Bertz CT molecular complexity index is 1070. The molecule has 1 aliphatic rings. The number of hydrogen-bond acceptors (Lipinski definition) is 8. The molecule has 3 N–H and O–H groups in total. The number of morpholine rings is 1. The van der Waals surface area contributed by atoms with Crippen molar-refractivity contribution in [3.05, 3.63) is 47.4 Å². The zero-order chi connectivity index (χ0) is 20.2. The van der Waals surface area contributed by atoms with Gasteiger partial charge in [0.05, 0.1) is 18.3 Å². The van der Waals surface area contributed by atoms with E-state index < -0.39 is 0 Å². The Morgan fingerprint density at radius 1 is 1.24 bits per heavy atom. The monoisotopic (exact) mass is 389 g/mol. The van der Waals surface area contributed by atoms with E-state index in [2.05, 4.69) is 55.2 Å². The van der Waals surface area contributed by atoms with Gasteiger partial charge in [-0.1, -0.05) is 12.0 Å². The van der Waals surface area contributed by atoms with Crippen LogP contribution in [0.25, 0.3) is 10.9 Å². The maximum absolute atomic E-state index is 5.81. The van der Waals surface area contributed by atoms with E-state index in [1.165, 1.54) is 0 Å². The molecule has 4 heterocycles. The lowest BCUT2D eigenvalue weighted by molar-refractivity contribution is -0.0212. The third-order valence-corrected chi connectivity index (χ3v) is 4.77. The molecule has 0 saturated carbocycles. The molecule has 1 atom stereocenters. The minimum Gasteiger partial charge on any atom is -0.382 e. The van der Waals surface area contributed by atoms with Gasteiger partial charge in [0.25, 0.3) is 0 Å². The number of hydrogen-bond donors (Lipinski definition) is 2. The summed E-state index contributed by atoms with van der Waals surface area (Å²) in [7, 11) is 1.79. The average Bonchev–Trinajstić information content (AvgIpc) is 2.73. The maximum atomic E-state index is 5.81. The Kier molecular flexibility index (Phi) is 5.51. The van der Waals surface area contributed by atoms with Gasteiger partial charge in [-0.3, -0.25) is 4.90 Å². The second kappa shape index (κ2) is 8.39. The number of nitrogens with two attached hydrogens (primary N) is 1. The van der Waals surface area contributed by atoms with Crippen LogP contribution in [0.15, 0.2) is 30.6 Å². The van der Waals surface area contributed by atoms with Gasteiger partial charge >= 0.3 is 0 Å². The fourth-order valence-electron chi connectivity index (χ4n) is 3.35. The number of ether oxygens (including phenoxy) is 1. The highest BCUT2D eigenvalue weighted by Crippen LogP contribution is 2.22. The Balaban J connectivity index is 1.54. The van der Waals surface area contributed by atoms with E-state index in [4.69, 9.17) is 10.5 Å². The van der Waals surface area contributed by atoms with Gasteiger partial charge in [0.15, 0.2) is 5.82 Å². The number of anilines is 2. The largest absolute Gasteiger partial charge is 0.382 e. The summed E-state index contributed by atoms with van der Waals surface area (Å²) in [5.41, 5.74) is 9.04. The number of nitrogens with zero attached hydrogens (tertiary/aromatic N) is 5. The normalized spacial score (nSPS) is 17.0. The molecule has 0 amide bonds. The van der Waals surface area contributed by atoms with Crippen LogP contribution in [0.2, 0.25) is 0 Å². The molecule has 0 radical (unpaired) electrons. The fourth-order valence-corrected chi connectivity index (χ4v) is 3.35. The number of rotatable bonds is 3. The maximum Gasteiger partial charge on any atom is 0.154 e. The lowest BCUT2D eigenvalue weighted by atomic mass is 10.1. The molecule has 3 aromatic heterocycles. The van der Waals surface area contributed by atoms with Crippen molar-refractivity contribution in [2.24, 2.45) is 0 Å². The molecule has 1 saturated heterocycles. The molecular weight excluding hydrogens is 366 g/mol. The van der Waals surface area contributed by atoms with Gasteiger partial charge in [0, 0.05) is 44.5 Å². The van der Waals surface area contributed by atoms with Gasteiger partial charge in [-0.15, -0.1) is 10.2 Å². The number of aromatic nitrogens is 4. The van der Waals surface area contributed by atoms with Gasteiger partial charge in [0.2, 0.25) is 0 Å². The Labute approximate surface area is 169 Å². The van der Waals surface area contributed by atoms with Crippen LogP contribution in [0, 0.1) is 11.8 Å². The zero-order valence-corrected chi connectivity index (χ0v) is 16.5. The molecule has 1 aliphatic heterocycles. The van der Waals surface area contributed by atoms with E-state index in [1.54, 1.807) is 19.3 Å². The van der Waals surface area contributed by atoms with Crippen molar-refractivity contribution >= 4 is 22.5 Å². The van der Waals surface area contributed by atoms with Crippen LogP contribution in [-0.4, -0.2) is 57.9 Å². The number of nitrogens with one attached hydrogen (secondary N) is 1. The highest BCUT2D eigenvalue weighted by atomic mass is 16.5. The van der Waals surface area contributed by atoms with Crippen molar-refractivity contribution in [2.75, 3.05) is 37.8 Å². The Morgan fingerprint density at radius 3 is 2.90 bits per heavy atom. The number of nitrogen functional groups attached to an aromatic ring is 1. The van der Waals surface area contributed by atoms with E-state index in [0.29, 0.717) is 22.8 Å². The quantitative estimate of drug-likeness (QED) is 0.652. The van der Waals surface area contributed by atoms with Crippen molar-refractivity contribution in [3.63, 3.8) is 0 Å². The second-order valence-corrected chi connectivity index (χ2v) is 7.02. The van der Waals surface area contributed by atoms with Crippen LogP contribution in [0.5, 0.6) is 0 Å². The fraction of sp³-hybridized carbons (Fsp3) is 0.333. The first kappa shape index (κ1) is 19.1. The molecule has 148 valence electrons. The molecule has 4 rings (SSSR count). The molecular formula is C21H23N7O. The number of fused-ring (bicyclic) bond motifs is 1. The van der Waals surface area contributed by atoms with Gasteiger partial charge in [0.1, 0.15) is 17.0 Å². The molecule has 29 heavy (non-hydrogen) atoms. The predicted molar refractivity (Wildman–Crippen MR) is 112 cm³/mol. The van der Waals surface area contributed by atoms with Crippen molar-refractivity contribution in [2.45, 2.75) is 19.6 Å². The molecule has 0 spiro atoms. The van der Waals surface area contributed by atoms with E-state index in [0.717, 1.165) is 42.8 Å². The van der Waals surface area contributed by atoms with Crippen LogP contribution < -0.4 is 11.1 Å².